The lowest BCUT2D eigenvalue weighted by molar-refractivity contribution is -0.117. The molecule has 0 unspecified atom stereocenters. The van der Waals surface area contributed by atoms with Gasteiger partial charge in [0.1, 0.15) is 24.3 Å². The summed E-state index contributed by atoms with van der Waals surface area (Å²) in [5, 5.41) is 10.8. The van der Waals surface area contributed by atoms with E-state index in [1.165, 1.54) is 0 Å². The fourth-order valence-electron chi connectivity index (χ4n) is 4.50. The van der Waals surface area contributed by atoms with Gasteiger partial charge >= 0.3 is 0 Å². The smallest absolute Gasteiger partial charge is 0.227 e. The highest BCUT2D eigenvalue weighted by molar-refractivity contribution is 5.96. The molecule has 1 aliphatic heterocycles. The van der Waals surface area contributed by atoms with E-state index < -0.39 is 6.10 Å². The SMILES string of the molecule is Cc1cccc(OC[C@@H](O)Cn2c([C@@H]3CC(=O)N(c4ccccc4)C3)nc3ccccc32)c1. The van der Waals surface area contributed by atoms with Crippen LogP contribution in [0.2, 0.25) is 0 Å². The van der Waals surface area contributed by atoms with Gasteiger partial charge in [-0.1, -0.05) is 42.5 Å². The maximum absolute atomic E-state index is 12.8. The van der Waals surface area contributed by atoms with E-state index in [1.54, 1.807) is 0 Å². The number of aliphatic hydroxyl groups excluding tert-OH is 1. The van der Waals surface area contributed by atoms with Gasteiger partial charge in [-0.25, -0.2) is 4.98 Å². The molecule has 1 aliphatic rings. The molecule has 6 nitrogen and oxygen atoms in total. The number of fused-ring (bicyclic) bond motifs is 1. The lowest BCUT2D eigenvalue weighted by Gasteiger charge is -2.19. The number of aryl methyl sites for hydroxylation is 1. The van der Waals surface area contributed by atoms with E-state index in [0.29, 0.717) is 19.5 Å². The summed E-state index contributed by atoms with van der Waals surface area (Å²) >= 11 is 0. The molecule has 33 heavy (non-hydrogen) atoms. The monoisotopic (exact) mass is 441 g/mol. The molecule has 2 heterocycles. The topological polar surface area (TPSA) is 67.6 Å². The molecule has 0 spiro atoms. The summed E-state index contributed by atoms with van der Waals surface area (Å²) < 4.78 is 7.87. The minimum absolute atomic E-state index is 0.0463. The van der Waals surface area contributed by atoms with E-state index in [0.717, 1.165) is 33.9 Å². The Bertz CT molecular complexity index is 1270. The molecule has 6 heteroatoms. The second-order valence-electron chi connectivity index (χ2n) is 8.59. The van der Waals surface area contributed by atoms with Crippen LogP contribution >= 0.6 is 0 Å². The van der Waals surface area contributed by atoms with E-state index >= 15 is 0 Å². The highest BCUT2D eigenvalue weighted by atomic mass is 16.5. The standard InChI is InChI=1S/C27H27N3O3/c1-19-8-7-11-23(14-19)33-18-22(31)17-30-25-13-6-5-12-24(25)28-27(30)20-15-26(32)29(16-20)21-9-3-2-4-10-21/h2-14,20,22,31H,15-18H2,1H3/t20-,22+/m1/s1. The van der Waals surface area contributed by atoms with Gasteiger partial charge in [-0.05, 0) is 48.9 Å². The Hall–Kier alpha value is -3.64. The van der Waals surface area contributed by atoms with Gasteiger partial charge in [0.15, 0.2) is 0 Å². The fraction of sp³-hybridized carbons (Fsp3) is 0.259. The summed E-state index contributed by atoms with van der Waals surface area (Å²) in [5.74, 6) is 1.62. The molecule has 1 saturated heterocycles. The van der Waals surface area contributed by atoms with Crippen molar-refractivity contribution in [3.05, 3.63) is 90.3 Å². The van der Waals surface area contributed by atoms with Crippen molar-refractivity contribution in [2.75, 3.05) is 18.1 Å². The van der Waals surface area contributed by atoms with Gasteiger partial charge in [-0.2, -0.15) is 0 Å². The van der Waals surface area contributed by atoms with Gasteiger partial charge < -0.3 is 19.3 Å². The third-order valence-corrected chi connectivity index (χ3v) is 6.07. The van der Waals surface area contributed by atoms with Crippen molar-refractivity contribution in [3.8, 4) is 5.75 Å². The number of aliphatic hydroxyl groups is 1. The summed E-state index contributed by atoms with van der Waals surface area (Å²) in [6, 6.07) is 25.4. The highest BCUT2D eigenvalue weighted by Gasteiger charge is 2.35. The molecule has 4 aromatic rings. The second-order valence-corrected chi connectivity index (χ2v) is 8.59. The number of imidazole rings is 1. The molecule has 0 aliphatic carbocycles. The highest BCUT2D eigenvalue weighted by Crippen LogP contribution is 2.33. The van der Waals surface area contributed by atoms with Gasteiger partial charge in [0, 0.05) is 24.6 Å². The summed E-state index contributed by atoms with van der Waals surface area (Å²) in [5.41, 5.74) is 3.83. The number of rotatable bonds is 7. The van der Waals surface area contributed by atoms with Crippen LogP contribution < -0.4 is 9.64 Å². The first-order valence-electron chi connectivity index (χ1n) is 11.3. The van der Waals surface area contributed by atoms with E-state index in [2.05, 4.69) is 0 Å². The average molecular weight is 442 g/mol. The van der Waals surface area contributed by atoms with E-state index in [4.69, 9.17) is 9.72 Å². The van der Waals surface area contributed by atoms with Crippen LogP contribution in [0.25, 0.3) is 11.0 Å². The van der Waals surface area contributed by atoms with Crippen LogP contribution in [0.3, 0.4) is 0 Å². The fourth-order valence-corrected chi connectivity index (χ4v) is 4.50. The number of carbonyl (C=O) groups excluding carboxylic acids is 1. The Morgan fingerprint density at radius 1 is 1.06 bits per heavy atom. The van der Waals surface area contributed by atoms with Gasteiger partial charge in [0.05, 0.1) is 17.6 Å². The normalized spacial score (nSPS) is 17.0. The summed E-state index contributed by atoms with van der Waals surface area (Å²) in [6.45, 7) is 3.10. The Kier molecular flexibility index (Phi) is 5.84. The number of benzene rings is 3. The number of hydrogen-bond acceptors (Lipinski definition) is 4. The second kappa shape index (κ2) is 9.08. The van der Waals surface area contributed by atoms with Gasteiger partial charge in [-0.15, -0.1) is 0 Å². The minimum Gasteiger partial charge on any atom is -0.491 e. The maximum Gasteiger partial charge on any atom is 0.227 e. The first-order valence-corrected chi connectivity index (χ1v) is 11.3. The number of anilines is 1. The average Bonchev–Trinajstić information content (AvgIpc) is 3.39. The summed E-state index contributed by atoms with van der Waals surface area (Å²) in [4.78, 5) is 19.5. The maximum atomic E-state index is 12.8. The molecule has 1 fully saturated rings. The molecule has 1 N–H and O–H groups in total. The molecule has 0 bridgehead atoms. The van der Waals surface area contributed by atoms with Crippen LogP contribution in [0.1, 0.15) is 23.7 Å². The van der Waals surface area contributed by atoms with E-state index in [1.807, 2.05) is 95.3 Å². The number of carbonyl (C=O) groups is 1. The van der Waals surface area contributed by atoms with Gasteiger partial charge in [0.25, 0.3) is 0 Å². The quantitative estimate of drug-likeness (QED) is 0.464. The number of ether oxygens (including phenoxy) is 1. The lowest BCUT2D eigenvalue weighted by atomic mass is 10.1. The number of para-hydroxylation sites is 3. The van der Waals surface area contributed by atoms with Crippen LogP contribution in [0.5, 0.6) is 5.75 Å². The third kappa shape index (κ3) is 4.47. The van der Waals surface area contributed by atoms with Crippen molar-refractivity contribution in [1.82, 2.24) is 9.55 Å². The molecule has 1 aromatic heterocycles. The molecule has 3 aromatic carbocycles. The van der Waals surface area contributed by atoms with Crippen molar-refractivity contribution < 1.29 is 14.6 Å². The zero-order valence-corrected chi connectivity index (χ0v) is 18.6. The van der Waals surface area contributed by atoms with Crippen LogP contribution in [0.15, 0.2) is 78.9 Å². The zero-order valence-electron chi connectivity index (χ0n) is 18.6. The predicted molar refractivity (Wildman–Crippen MR) is 129 cm³/mol. The molecular weight excluding hydrogens is 414 g/mol. The number of aromatic nitrogens is 2. The van der Waals surface area contributed by atoms with Crippen molar-refractivity contribution in [2.45, 2.75) is 31.9 Å². The van der Waals surface area contributed by atoms with Crippen molar-refractivity contribution in [2.24, 2.45) is 0 Å². The minimum atomic E-state index is -0.718. The Morgan fingerprint density at radius 2 is 1.85 bits per heavy atom. The molecule has 0 saturated carbocycles. The van der Waals surface area contributed by atoms with Gasteiger partial charge in [-0.3, -0.25) is 4.79 Å². The van der Waals surface area contributed by atoms with Crippen LogP contribution in [0.4, 0.5) is 5.69 Å². The number of nitrogens with zero attached hydrogens (tertiary/aromatic N) is 3. The Morgan fingerprint density at radius 3 is 2.67 bits per heavy atom. The first kappa shape index (κ1) is 21.2. The molecular formula is C27H27N3O3. The predicted octanol–water partition coefficient (Wildman–Crippen LogP) is 4.31. The van der Waals surface area contributed by atoms with Crippen molar-refractivity contribution in [1.29, 1.82) is 0 Å². The van der Waals surface area contributed by atoms with Crippen molar-refractivity contribution in [3.63, 3.8) is 0 Å². The molecule has 0 radical (unpaired) electrons. The molecule has 168 valence electrons. The van der Waals surface area contributed by atoms with Crippen LogP contribution in [-0.4, -0.2) is 39.8 Å². The molecule has 1 amide bonds. The Balaban J connectivity index is 1.38. The zero-order chi connectivity index (χ0) is 22.8. The van der Waals surface area contributed by atoms with Crippen molar-refractivity contribution >= 4 is 22.6 Å². The lowest BCUT2D eigenvalue weighted by Crippen LogP contribution is -2.26. The Labute approximate surface area is 193 Å². The number of amides is 1. The van der Waals surface area contributed by atoms with Crippen LogP contribution in [0, 0.1) is 6.92 Å². The molecule has 2 atom stereocenters. The summed E-state index contributed by atoms with van der Waals surface area (Å²) in [6.07, 6.45) is -0.321. The largest absolute Gasteiger partial charge is 0.491 e. The van der Waals surface area contributed by atoms with E-state index in [-0.39, 0.29) is 18.4 Å². The van der Waals surface area contributed by atoms with Crippen LogP contribution in [-0.2, 0) is 11.3 Å². The van der Waals surface area contributed by atoms with E-state index in [9.17, 15) is 9.90 Å². The number of hydrogen-bond donors (Lipinski definition) is 1. The summed E-state index contributed by atoms with van der Waals surface area (Å²) in [7, 11) is 0. The first-order chi connectivity index (χ1) is 16.1. The van der Waals surface area contributed by atoms with Gasteiger partial charge in [0.2, 0.25) is 5.91 Å². The molecule has 5 rings (SSSR count). The third-order valence-electron chi connectivity index (χ3n) is 6.07.